The third-order valence-electron chi connectivity index (χ3n) is 1.18. The Hall–Kier alpha value is -0.320. The summed E-state index contributed by atoms with van der Waals surface area (Å²) in [7, 11) is 0. The highest BCUT2D eigenvalue weighted by molar-refractivity contribution is 6.66. The number of halogens is 6. The Morgan fingerprint density at radius 1 is 1.00 bits per heavy atom. The van der Waals surface area contributed by atoms with Gasteiger partial charge in [0, 0.05) is 12.1 Å². The second-order valence-electron chi connectivity index (χ2n) is 2.25. The molecule has 0 radical (unpaired) electrons. The first-order valence-electron chi connectivity index (χ1n) is 3.20. The third-order valence-corrected chi connectivity index (χ3v) is 1.41. The first kappa shape index (κ1) is 11.8. The largest absolute Gasteiger partial charge is 0.439 e. The Kier molecular flexibility index (Phi) is 3.40. The topological polar surface area (TPSA) is 9.23 Å². The molecule has 1 rings (SSSR count). The van der Waals surface area contributed by atoms with E-state index >= 15 is 0 Å². The van der Waals surface area contributed by atoms with Crippen LogP contribution in [0.25, 0.3) is 0 Å². The van der Waals surface area contributed by atoms with Gasteiger partial charge in [0.25, 0.3) is 0 Å². The minimum absolute atomic E-state index is 0.412. The van der Waals surface area contributed by atoms with Crippen LogP contribution in [0.4, 0.5) is 13.2 Å². The Labute approximate surface area is 92.3 Å². The maximum Gasteiger partial charge on any atom is 0.338 e. The predicted molar refractivity (Wildman–Crippen MR) is 47.2 cm³/mol. The van der Waals surface area contributed by atoms with Crippen molar-refractivity contribution in [3.8, 4) is 5.75 Å². The van der Waals surface area contributed by atoms with Crippen LogP contribution in [0.3, 0.4) is 0 Å². The number of benzene rings is 1. The van der Waals surface area contributed by atoms with E-state index in [1.54, 1.807) is 0 Å². The Balaban J connectivity index is 3.09. The van der Waals surface area contributed by atoms with E-state index in [0.29, 0.717) is 12.1 Å². The molecule has 0 unspecified atom stereocenters. The summed E-state index contributed by atoms with van der Waals surface area (Å²) in [5, 5.41) is 0. The van der Waals surface area contributed by atoms with Gasteiger partial charge in [0.15, 0.2) is 17.4 Å². The summed E-state index contributed by atoms with van der Waals surface area (Å²) < 4.78 is 40.1. The summed E-state index contributed by atoms with van der Waals surface area (Å²) in [5.41, 5.74) is 0. The SMILES string of the molecule is Fc1cc(F)c(OC(Cl)(Cl)Cl)c(F)c1. The van der Waals surface area contributed by atoms with Gasteiger partial charge < -0.3 is 4.74 Å². The fourth-order valence-corrected chi connectivity index (χ4v) is 0.974. The van der Waals surface area contributed by atoms with Crippen molar-refractivity contribution in [2.75, 3.05) is 0 Å². The van der Waals surface area contributed by atoms with Crippen LogP contribution in [0.5, 0.6) is 5.75 Å². The van der Waals surface area contributed by atoms with Gasteiger partial charge in [0.1, 0.15) is 5.82 Å². The highest BCUT2D eigenvalue weighted by Gasteiger charge is 2.26. The zero-order valence-corrected chi connectivity index (χ0v) is 8.60. The summed E-state index contributed by atoms with van der Waals surface area (Å²) in [4.78, 5) is 0. The molecule has 0 fully saturated rings. The normalized spacial score (nSPS) is 11.6. The zero-order chi connectivity index (χ0) is 10.9. The van der Waals surface area contributed by atoms with E-state index in [1.807, 2.05) is 0 Å². The molecular weight excluding hydrogens is 263 g/mol. The molecule has 0 bridgehead atoms. The molecule has 0 aliphatic rings. The highest BCUT2D eigenvalue weighted by Crippen LogP contribution is 2.33. The summed E-state index contributed by atoms with van der Waals surface area (Å²) in [6, 6.07) is 0.823. The molecule has 0 amide bonds. The van der Waals surface area contributed by atoms with Crippen LogP contribution in [-0.4, -0.2) is 3.98 Å². The molecule has 0 saturated carbocycles. The van der Waals surface area contributed by atoms with Crippen LogP contribution in [0.2, 0.25) is 0 Å². The van der Waals surface area contributed by atoms with Crippen LogP contribution in [0, 0.1) is 17.5 Å². The smallest absolute Gasteiger partial charge is 0.338 e. The fourth-order valence-electron chi connectivity index (χ4n) is 0.742. The number of alkyl halides is 3. The highest BCUT2D eigenvalue weighted by atomic mass is 35.6. The molecule has 0 aliphatic heterocycles. The van der Waals surface area contributed by atoms with Gasteiger partial charge in [-0.25, -0.2) is 13.2 Å². The maximum absolute atomic E-state index is 12.9. The van der Waals surface area contributed by atoms with Crippen LogP contribution >= 0.6 is 34.8 Å². The summed E-state index contributed by atoms with van der Waals surface area (Å²) >= 11 is 15.4. The Bertz CT molecular complexity index is 328. The first-order valence-corrected chi connectivity index (χ1v) is 4.33. The van der Waals surface area contributed by atoms with Crippen molar-refractivity contribution in [1.29, 1.82) is 0 Å². The van der Waals surface area contributed by atoms with Crippen molar-refractivity contribution in [2.24, 2.45) is 0 Å². The maximum atomic E-state index is 12.9. The van der Waals surface area contributed by atoms with Crippen LogP contribution < -0.4 is 4.74 Å². The van der Waals surface area contributed by atoms with Crippen LogP contribution in [0.1, 0.15) is 0 Å². The molecule has 1 aromatic carbocycles. The number of rotatable bonds is 1. The van der Waals surface area contributed by atoms with Crippen LogP contribution in [-0.2, 0) is 0 Å². The minimum Gasteiger partial charge on any atom is -0.439 e. The standard InChI is InChI=1S/C7H2Cl3F3O/c8-7(9,10)14-6-4(12)1-3(11)2-5(6)13/h1-2H. The van der Waals surface area contributed by atoms with Gasteiger partial charge in [-0.2, -0.15) is 0 Å². The van der Waals surface area contributed by atoms with Crippen molar-refractivity contribution in [3.05, 3.63) is 29.6 Å². The van der Waals surface area contributed by atoms with Crippen molar-refractivity contribution in [1.82, 2.24) is 0 Å². The molecule has 0 saturated heterocycles. The molecule has 0 aliphatic carbocycles. The second kappa shape index (κ2) is 4.04. The lowest BCUT2D eigenvalue weighted by Gasteiger charge is -2.14. The van der Waals surface area contributed by atoms with Crippen molar-refractivity contribution < 1.29 is 17.9 Å². The summed E-state index contributed by atoms with van der Waals surface area (Å²) in [6.45, 7) is 0. The Morgan fingerprint density at radius 3 is 1.79 bits per heavy atom. The fraction of sp³-hybridized carbons (Fsp3) is 0.143. The van der Waals surface area contributed by atoms with Gasteiger partial charge in [0.05, 0.1) is 0 Å². The lowest BCUT2D eigenvalue weighted by molar-refractivity contribution is 0.284. The van der Waals surface area contributed by atoms with E-state index in [9.17, 15) is 13.2 Å². The van der Waals surface area contributed by atoms with E-state index in [1.165, 1.54) is 0 Å². The molecule has 0 aromatic heterocycles. The van der Waals surface area contributed by atoms with Crippen LogP contribution in [0.15, 0.2) is 12.1 Å². The minimum atomic E-state index is -2.31. The molecule has 1 aromatic rings. The quantitative estimate of drug-likeness (QED) is 0.702. The molecule has 0 atom stereocenters. The van der Waals surface area contributed by atoms with Crippen molar-refractivity contribution >= 4 is 34.8 Å². The van der Waals surface area contributed by atoms with E-state index in [-0.39, 0.29) is 0 Å². The first-order chi connectivity index (χ1) is 6.29. The average molecular weight is 265 g/mol. The Morgan fingerprint density at radius 2 is 1.43 bits per heavy atom. The molecule has 0 spiro atoms. The van der Waals surface area contributed by atoms with Crippen molar-refractivity contribution in [3.63, 3.8) is 0 Å². The molecule has 7 heteroatoms. The third kappa shape index (κ3) is 3.12. The second-order valence-corrected chi connectivity index (χ2v) is 4.42. The molecule has 0 heterocycles. The molecular formula is C7H2Cl3F3O. The molecule has 78 valence electrons. The van der Waals surface area contributed by atoms with Gasteiger partial charge in [-0.15, -0.1) is 0 Å². The zero-order valence-electron chi connectivity index (χ0n) is 6.33. The van der Waals surface area contributed by atoms with E-state index in [0.717, 1.165) is 0 Å². The van der Waals surface area contributed by atoms with Gasteiger partial charge in [-0.05, 0) is 34.8 Å². The lowest BCUT2D eigenvalue weighted by atomic mass is 10.3. The lowest BCUT2D eigenvalue weighted by Crippen LogP contribution is -2.14. The van der Waals surface area contributed by atoms with Crippen molar-refractivity contribution in [2.45, 2.75) is 3.98 Å². The summed E-state index contributed by atoms with van der Waals surface area (Å²) in [5.74, 6) is -4.59. The molecule has 14 heavy (non-hydrogen) atoms. The van der Waals surface area contributed by atoms with Gasteiger partial charge in [0.2, 0.25) is 0 Å². The van der Waals surface area contributed by atoms with Gasteiger partial charge in [-0.3, -0.25) is 0 Å². The predicted octanol–water partition coefficient (Wildman–Crippen LogP) is 3.81. The van der Waals surface area contributed by atoms with Gasteiger partial charge in [-0.1, -0.05) is 0 Å². The summed E-state index contributed by atoms with van der Waals surface area (Å²) in [6.07, 6.45) is 0. The monoisotopic (exact) mass is 264 g/mol. The van der Waals surface area contributed by atoms with E-state index < -0.39 is 27.2 Å². The number of hydrogen-bond acceptors (Lipinski definition) is 1. The van der Waals surface area contributed by atoms with Gasteiger partial charge >= 0.3 is 3.98 Å². The van der Waals surface area contributed by atoms with E-state index in [4.69, 9.17) is 34.8 Å². The number of ether oxygens (including phenoxy) is 1. The molecule has 0 N–H and O–H groups in total. The van der Waals surface area contributed by atoms with E-state index in [2.05, 4.69) is 4.74 Å². The number of hydrogen-bond donors (Lipinski definition) is 0. The average Bonchev–Trinajstić information content (AvgIpc) is 1.95. The molecule has 1 nitrogen and oxygen atoms in total.